The number of urea groups is 1. The molecule has 0 aliphatic heterocycles. The van der Waals surface area contributed by atoms with E-state index < -0.39 is 6.09 Å². The number of nitrogens with one attached hydrogen (secondary N) is 5. The first kappa shape index (κ1) is 37.1. The van der Waals surface area contributed by atoms with Crippen molar-refractivity contribution < 1.29 is 24.3 Å². The maximum Gasteiger partial charge on any atom is 0.413 e. The van der Waals surface area contributed by atoms with Crippen molar-refractivity contribution in [1.82, 2.24) is 35.2 Å². The maximum atomic E-state index is 12.4. The molecule has 0 spiro atoms. The molecule has 1 aliphatic carbocycles. The summed E-state index contributed by atoms with van der Waals surface area (Å²) in [5.74, 6) is 0.759. The first-order chi connectivity index (χ1) is 26.3. The van der Waals surface area contributed by atoms with Gasteiger partial charge < -0.3 is 25.2 Å². The van der Waals surface area contributed by atoms with E-state index in [4.69, 9.17) is 4.74 Å². The highest BCUT2D eigenvalue weighted by atomic mass is 16.5. The van der Waals surface area contributed by atoms with E-state index in [0.717, 1.165) is 59.0 Å². The Kier molecular flexibility index (Phi) is 11.9. The fourth-order valence-corrected chi connectivity index (χ4v) is 6.48. The third-order valence-corrected chi connectivity index (χ3v) is 8.98. The van der Waals surface area contributed by atoms with Crippen molar-refractivity contribution in [3.05, 3.63) is 84.4 Å². The molecular weight excluding hydrogens is 688 g/mol. The number of ketones is 1. The second kappa shape index (κ2) is 17.3. The topological polar surface area (TPSA) is 212 Å². The van der Waals surface area contributed by atoms with Crippen LogP contribution >= 0.6 is 0 Å². The molecule has 4 aromatic heterocycles. The number of amides is 3. The number of fused-ring (bicyclic) bond motifs is 2. The number of anilines is 2. The summed E-state index contributed by atoms with van der Waals surface area (Å²) < 4.78 is 4.85. The van der Waals surface area contributed by atoms with Crippen LogP contribution in [0.3, 0.4) is 0 Å². The molecule has 1 aliphatic rings. The Morgan fingerprint density at radius 1 is 0.815 bits per heavy atom. The highest BCUT2D eigenvalue weighted by Crippen LogP contribution is 2.34. The van der Waals surface area contributed by atoms with E-state index in [1.165, 1.54) is 0 Å². The molecule has 7 rings (SSSR count). The molecule has 2 aromatic carbocycles. The minimum atomic E-state index is -0.600. The smallest absolute Gasteiger partial charge is 0.413 e. The lowest BCUT2D eigenvalue weighted by molar-refractivity contribution is 0.0989. The highest BCUT2D eigenvalue weighted by molar-refractivity contribution is 6.12. The molecule has 0 saturated heterocycles. The molecule has 54 heavy (non-hydrogen) atoms. The van der Waals surface area contributed by atoms with Crippen LogP contribution in [0.5, 0.6) is 0 Å². The van der Waals surface area contributed by atoms with Gasteiger partial charge in [0.1, 0.15) is 5.52 Å². The van der Waals surface area contributed by atoms with E-state index in [9.17, 15) is 19.6 Å². The monoisotopic (exact) mass is 730 g/mol. The van der Waals surface area contributed by atoms with Crippen LogP contribution in [0.1, 0.15) is 68.8 Å². The number of Topliss-reactive ketones (excluding diaryl/α,β-unsaturated/α-hetero) is 1. The quantitative estimate of drug-likeness (QED) is 0.0349. The zero-order chi connectivity index (χ0) is 38.0. The number of carbonyl (C=O) groups excluding carboxylic acids is 3. The molecule has 4 heterocycles. The zero-order valence-electron chi connectivity index (χ0n) is 30.3. The SMILES string of the molecule is CCNC(=O)Nc1nc2c(/C(=N/O)C3CCCC3)cc(-c3cccnc3)cc2[nH]1.CCOC(=O)Nc1nc2c(C(=O)CC)cc(-c3cccnc3)cc2[nH]1. The standard InChI is InChI=1S/C21H24N6O2.C18H18N4O3/c1-2-23-21(28)26-20-24-17-11-15(14-8-5-9-22-12-14)10-16(19(17)25-20)18(27-29)13-6-3-4-7-13;1-3-15(23)13-8-12(11-6-5-7-19-10-11)9-14-16(13)21-17(20-14)22-18(24)25-4-2/h5,8-13,29H,2-4,6-7H2,1H3,(H3,23,24,25,26,28);5-10H,3-4H2,1-2H3,(H2,20,21,22,24)/b27-18+;. The number of imidazole rings is 2. The van der Waals surface area contributed by atoms with E-state index in [2.05, 4.69) is 51.0 Å². The first-order valence-electron chi connectivity index (χ1n) is 17.9. The van der Waals surface area contributed by atoms with Crippen LogP contribution in [0.15, 0.2) is 78.5 Å². The molecule has 15 heteroatoms. The molecule has 6 aromatic rings. The number of nitrogens with zero attached hydrogens (tertiary/aromatic N) is 5. The van der Waals surface area contributed by atoms with Crippen LogP contribution in [0, 0.1) is 5.92 Å². The largest absolute Gasteiger partial charge is 0.450 e. The lowest BCUT2D eigenvalue weighted by Crippen LogP contribution is -2.28. The van der Waals surface area contributed by atoms with Gasteiger partial charge in [-0.3, -0.25) is 25.4 Å². The summed E-state index contributed by atoms with van der Waals surface area (Å²) in [5, 5.41) is 21.4. The minimum Gasteiger partial charge on any atom is -0.450 e. The Labute approximate surface area is 311 Å². The van der Waals surface area contributed by atoms with Gasteiger partial charge in [-0.1, -0.05) is 37.1 Å². The highest BCUT2D eigenvalue weighted by Gasteiger charge is 2.26. The van der Waals surface area contributed by atoms with Crippen molar-refractivity contribution in [2.45, 2.75) is 52.9 Å². The predicted octanol–water partition coefficient (Wildman–Crippen LogP) is 7.92. The molecule has 0 bridgehead atoms. The summed E-state index contributed by atoms with van der Waals surface area (Å²) in [7, 11) is 0. The van der Waals surface area contributed by atoms with E-state index in [-0.39, 0.29) is 30.3 Å². The number of aromatic amines is 2. The van der Waals surface area contributed by atoms with Gasteiger partial charge in [0.2, 0.25) is 11.9 Å². The Hall–Kier alpha value is -6.64. The summed E-state index contributed by atoms with van der Waals surface area (Å²) in [4.78, 5) is 59.3. The molecule has 1 fully saturated rings. The number of oxime groups is 1. The van der Waals surface area contributed by atoms with Crippen molar-refractivity contribution in [3.8, 4) is 22.3 Å². The van der Waals surface area contributed by atoms with Crippen molar-refractivity contribution in [2.24, 2.45) is 11.1 Å². The van der Waals surface area contributed by atoms with Gasteiger partial charge in [0.15, 0.2) is 5.78 Å². The summed E-state index contributed by atoms with van der Waals surface area (Å²) in [6, 6.07) is 14.9. The van der Waals surface area contributed by atoms with E-state index in [1.54, 1.807) is 44.7 Å². The van der Waals surface area contributed by atoms with Gasteiger partial charge in [0, 0.05) is 65.9 Å². The van der Waals surface area contributed by atoms with Crippen LogP contribution in [0.25, 0.3) is 44.3 Å². The van der Waals surface area contributed by atoms with Crippen LogP contribution in [-0.4, -0.2) is 71.9 Å². The Morgan fingerprint density at radius 2 is 1.39 bits per heavy atom. The molecule has 15 nitrogen and oxygen atoms in total. The maximum absolute atomic E-state index is 12.4. The first-order valence-corrected chi connectivity index (χ1v) is 17.9. The molecule has 0 atom stereocenters. The van der Waals surface area contributed by atoms with E-state index in [1.807, 2.05) is 49.4 Å². The van der Waals surface area contributed by atoms with E-state index in [0.29, 0.717) is 46.7 Å². The average Bonchev–Trinajstić information content (AvgIpc) is 3.96. The van der Waals surface area contributed by atoms with Crippen LogP contribution in [0.4, 0.5) is 21.5 Å². The van der Waals surface area contributed by atoms with Gasteiger partial charge >= 0.3 is 12.1 Å². The Morgan fingerprint density at radius 3 is 1.91 bits per heavy atom. The molecular formula is C39H42N10O5. The van der Waals surface area contributed by atoms with Gasteiger partial charge in [-0.25, -0.2) is 19.6 Å². The van der Waals surface area contributed by atoms with Crippen LogP contribution in [0.2, 0.25) is 0 Å². The van der Waals surface area contributed by atoms with Crippen molar-refractivity contribution >= 4 is 57.6 Å². The third kappa shape index (κ3) is 8.52. The third-order valence-electron chi connectivity index (χ3n) is 8.98. The number of hydrogen-bond donors (Lipinski definition) is 6. The second-order valence-corrected chi connectivity index (χ2v) is 12.6. The Bertz CT molecular complexity index is 2280. The van der Waals surface area contributed by atoms with E-state index >= 15 is 0 Å². The number of H-pyrrole nitrogens is 2. The molecule has 6 N–H and O–H groups in total. The molecule has 0 unspecified atom stereocenters. The summed E-state index contributed by atoms with van der Waals surface area (Å²) >= 11 is 0. The molecule has 1 saturated carbocycles. The summed E-state index contributed by atoms with van der Waals surface area (Å²) in [6.45, 7) is 6.15. The van der Waals surface area contributed by atoms with Gasteiger partial charge in [0.05, 0.1) is 28.9 Å². The normalized spacial score (nSPS) is 13.0. The Balaban J connectivity index is 0.000000186. The van der Waals surface area contributed by atoms with Crippen molar-refractivity contribution in [3.63, 3.8) is 0 Å². The summed E-state index contributed by atoms with van der Waals surface area (Å²) in [5.41, 5.74) is 8.16. The fourth-order valence-electron chi connectivity index (χ4n) is 6.48. The lowest BCUT2D eigenvalue weighted by Gasteiger charge is -2.13. The number of pyridine rings is 2. The predicted molar refractivity (Wildman–Crippen MR) is 207 cm³/mol. The fraction of sp³-hybridized carbons (Fsp3) is 0.282. The second-order valence-electron chi connectivity index (χ2n) is 12.6. The van der Waals surface area contributed by atoms with Gasteiger partial charge in [-0.05, 0) is 74.2 Å². The molecule has 3 amide bonds. The molecule has 278 valence electrons. The number of rotatable bonds is 10. The number of hydrogen-bond acceptors (Lipinski definition) is 10. The van der Waals surface area contributed by atoms with Crippen LogP contribution < -0.4 is 16.0 Å². The molecule has 0 radical (unpaired) electrons. The zero-order valence-corrected chi connectivity index (χ0v) is 30.3. The number of ether oxygens (including phenoxy) is 1. The average molecular weight is 731 g/mol. The van der Waals surface area contributed by atoms with Crippen molar-refractivity contribution in [1.29, 1.82) is 0 Å². The number of benzene rings is 2. The van der Waals surface area contributed by atoms with Crippen LogP contribution in [-0.2, 0) is 4.74 Å². The number of carbonyl (C=O) groups is 3. The van der Waals surface area contributed by atoms with Gasteiger partial charge in [-0.2, -0.15) is 0 Å². The van der Waals surface area contributed by atoms with Crippen molar-refractivity contribution in [2.75, 3.05) is 23.8 Å². The van der Waals surface area contributed by atoms with Gasteiger partial charge in [0.25, 0.3) is 0 Å². The number of aromatic nitrogens is 6. The lowest BCUT2D eigenvalue weighted by atomic mass is 9.92. The summed E-state index contributed by atoms with van der Waals surface area (Å²) in [6.07, 6.45) is 10.9. The minimum absolute atomic E-state index is 0.0232. The van der Waals surface area contributed by atoms with Gasteiger partial charge in [-0.15, -0.1) is 0 Å².